The van der Waals surface area contributed by atoms with Gasteiger partial charge in [0.2, 0.25) is 0 Å². The van der Waals surface area contributed by atoms with Crippen molar-refractivity contribution >= 4 is 11.1 Å². The molecule has 0 spiro atoms. The molecular weight excluding hydrogens is 99.1 g/mol. The fraction of sp³-hybridized carbons (Fsp3) is 1.00. The first-order valence-corrected chi connectivity index (χ1v) is 2.22. The number of hydrogen-bond donors (Lipinski definition) is 0. The van der Waals surface area contributed by atoms with Gasteiger partial charge in [0.05, 0.1) is 0 Å². The summed E-state index contributed by atoms with van der Waals surface area (Å²) in [6, 6.07) is 0. The van der Waals surface area contributed by atoms with Gasteiger partial charge < -0.3 is 5.98 Å². The Balaban J connectivity index is -0.0000000450. The quantitative estimate of drug-likeness (QED) is 0.237. The van der Waals surface area contributed by atoms with Crippen molar-refractivity contribution in [1.82, 2.24) is 0 Å². The van der Waals surface area contributed by atoms with Crippen LogP contribution in [0.1, 0.15) is 1.43 Å². The van der Waals surface area contributed by atoms with Crippen LogP contribution in [0.5, 0.6) is 0 Å². The van der Waals surface area contributed by atoms with Gasteiger partial charge in [-0.05, 0) is 6.26 Å². The van der Waals surface area contributed by atoms with E-state index in [-0.39, 0.29) is 31.0 Å². The van der Waals surface area contributed by atoms with Crippen LogP contribution >= 0.6 is 0 Å². The fourth-order valence-corrected chi connectivity index (χ4v) is 0. The molecule has 0 fully saturated rings. The Morgan fingerprint density at radius 3 is 2.00 bits per heavy atom. The van der Waals surface area contributed by atoms with E-state index in [1.165, 1.54) is 0 Å². The van der Waals surface area contributed by atoms with E-state index in [9.17, 15) is 0 Å². The van der Waals surface area contributed by atoms with Crippen LogP contribution in [0.3, 0.4) is 0 Å². The predicted molar refractivity (Wildman–Crippen MR) is 16.0 cm³/mol. The SMILES string of the molecule is CS(=O)[O-].[H-].[Na+]. The molecule has 4 heteroatoms. The van der Waals surface area contributed by atoms with Crippen LogP contribution in [0.25, 0.3) is 0 Å². The molecule has 0 aliphatic carbocycles. The van der Waals surface area contributed by atoms with Crippen LogP contribution < -0.4 is 29.6 Å². The number of rotatable bonds is 0. The Hall–Kier alpha value is 1.11. The summed E-state index contributed by atoms with van der Waals surface area (Å²) in [6.45, 7) is 0. The van der Waals surface area contributed by atoms with Crippen LogP contribution in [0.4, 0.5) is 0 Å². The van der Waals surface area contributed by atoms with Crippen LogP contribution in [0, 0.1) is 0 Å². The summed E-state index contributed by atoms with van der Waals surface area (Å²) < 4.78 is 18.0. The van der Waals surface area contributed by atoms with Gasteiger partial charge in [-0.3, -0.25) is 4.21 Å². The van der Waals surface area contributed by atoms with E-state index >= 15 is 0 Å². The van der Waals surface area contributed by atoms with E-state index in [0.29, 0.717) is 0 Å². The summed E-state index contributed by atoms with van der Waals surface area (Å²) in [4.78, 5) is 0. The molecule has 0 heterocycles. The van der Waals surface area contributed by atoms with Crippen LogP contribution in [0.15, 0.2) is 0 Å². The first kappa shape index (κ1) is 9.44. The zero-order valence-electron chi connectivity index (χ0n) is 4.22. The van der Waals surface area contributed by atoms with Gasteiger partial charge in [0.25, 0.3) is 0 Å². The monoisotopic (exact) mass is 103 g/mol. The Morgan fingerprint density at radius 2 is 2.00 bits per heavy atom. The average molecular weight is 103 g/mol. The normalized spacial score (nSPS) is 12.4. The van der Waals surface area contributed by atoms with Crippen molar-refractivity contribution in [3.8, 4) is 0 Å². The summed E-state index contributed by atoms with van der Waals surface area (Å²) >= 11 is -1.86. The van der Waals surface area contributed by atoms with E-state index in [4.69, 9.17) is 8.76 Å². The molecule has 0 aliphatic rings. The summed E-state index contributed by atoms with van der Waals surface area (Å²) in [5.41, 5.74) is 0. The molecule has 0 amide bonds. The first-order chi connectivity index (χ1) is 1.73. The van der Waals surface area contributed by atoms with E-state index in [2.05, 4.69) is 0 Å². The van der Waals surface area contributed by atoms with Gasteiger partial charge in [0.15, 0.2) is 0 Å². The minimum Gasteiger partial charge on any atom is -1.00 e. The topological polar surface area (TPSA) is 40.1 Å². The van der Waals surface area contributed by atoms with Gasteiger partial charge in [0.1, 0.15) is 0 Å². The van der Waals surface area contributed by atoms with Gasteiger partial charge in [-0.2, -0.15) is 0 Å². The van der Waals surface area contributed by atoms with E-state index in [1.807, 2.05) is 0 Å². The zero-order chi connectivity index (χ0) is 3.58. The second kappa shape index (κ2) is 5.11. The minimum absolute atomic E-state index is 0. The molecule has 0 aromatic carbocycles. The Morgan fingerprint density at radius 1 is 2.00 bits per heavy atom. The second-order valence-corrected chi connectivity index (χ2v) is 1.20. The third-order valence-electron chi connectivity index (χ3n) is 0. The zero-order valence-corrected chi connectivity index (χ0v) is 6.04. The molecule has 0 bridgehead atoms. The molecule has 0 aromatic rings. The number of hydrogen-bond acceptors (Lipinski definition) is 2. The summed E-state index contributed by atoms with van der Waals surface area (Å²) in [5.74, 6) is 0. The first-order valence-electron chi connectivity index (χ1n) is 0.742. The van der Waals surface area contributed by atoms with Crippen LogP contribution in [0.2, 0.25) is 0 Å². The van der Waals surface area contributed by atoms with E-state index < -0.39 is 11.1 Å². The molecule has 0 rings (SSSR count). The summed E-state index contributed by atoms with van der Waals surface area (Å²) in [5, 5.41) is 0. The maximum atomic E-state index is 9.00. The van der Waals surface area contributed by atoms with Crippen LogP contribution in [-0.2, 0) is 11.1 Å². The standard InChI is InChI=1S/CH4O2S.Na.H/c1-4(2)3;;/h1H3,(H,2,3);;/q;+1;-1/p-1. The van der Waals surface area contributed by atoms with Gasteiger partial charge >= 0.3 is 29.6 Å². The molecule has 0 N–H and O–H groups in total. The molecular formula is CH4NaO2S-. The van der Waals surface area contributed by atoms with Gasteiger partial charge in [0, 0.05) is 0 Å². The third kappa shape index (κ3) is 40.1. The van der Waals surface area contributed by atoms with E-state index in [0.717, 1.165) is 6.26 Å². The summed E-state index contributed by atoms with van der Waals surface area (Å²) in [7, 11) is 0. The molecule has 0 aromatic heterocycles. The largest absolute Gasteiger partial charge is 1.00 e. The molecule has 0 aliphatic heterocycles. The molecule has 2 nitrogen and oxygen atoms in total. The van der Waals surface area contributed by atoms with Gasteiger partial charge in [-0.15, -0.1) is 0 Å². The van der Waals surface area contributed by atoms with E-state index in [1.54, 1.807) is 0 Å². The van der Waals surface area contributed by atoms with Gasteiger partial charge in [-0.25, -0.2) is 0 Å². The third-order valence-corrected chi connectivity index (χ3v) is 0. The average Bonchev–Trinajstić information content (AvgIpc) is 0.811. The second-order valence-electron chi connectivity index (χ2n) is 0.401. The Kier molecular flexibility index (Phi) is 9.65. The Labute approximate surface area is 57.0 Å². The molecule has 0 saturated carbocycles. The van der Waals surface area contributed by atoms with Crippen molar-refractivity contribution in [2.24, 2.45) is 0 Å². The smallest absolute Gasteiger partial charge is 1.00 e. The van der Waals surface area contributed by atoms with Crippen LogP contribution in [-0.4, -0.2) is 15.0 Å². The van der Waals surface area contributed by atoms with Crippen molar-refractivity contribution in [3.05, 3.63) is 0 Å². The van der Waals surface area contributed by atoms with Crippen molar-refractivity contribution < 1.29 is 39.7 Å². The molecule has 0 radical (unpaired) electrons. The predicted octanol–water partition coefficient (Wildman–Crippen LogP) is -3.39. The van der Waals surface area contributed by atoms with Crippen molar-refractivity contribution in [2.75, 3.05) is 6.26 Å². The maximum Gasteiger partial charge on any atom is 1.00 e. The van der Waals surface area contributed by atoms with Crippen molar-refractivity contribution in [1.29, 1.82) is 0 Å². The fourth-order valence-electron chi connectivity index (χ4n) is 0. The maximum absolute atomic E-state index is 9.00. The molecule has 1 atom stereocenters. The summed E-state index contributed by atoms with van der Waals surface area (Å²) in [6.07, 6.45) is 1.08. The molecule has 0 saturated heterocycles. The van der Waals surface area contributed by atoms with Gasteiger partial charge in [-0.1, -0.05) is 11.1 Å². The molecule has 1 unspecified atom stereocenters. The minimum atomic E-state index is -1.86. The molecule has 5 heavy (non-hydrogen) atoms. The molecule has 28 valence electrons. The van der Waals surface area contributed by atoms with Crippen molar-refractivity contribution in [3.63, 3.8) is 0 Å². The Bertz CT molecular complexity index is 36.5. The van der Waals surface area contributed by atoms with Crippen molar-refractivity contribution in [2.45, 2.75) is 0 Å².